The van der Waals surface area contributed by atoms with Crippen molar-refractivity contribution < 1.29 is 64.9 Å². The molecule has 2 heterocycles. The van der Waals surface area contributed by atoms with Crippen molar-refractivity contribution in [1.29, 1.82) is 0 Å². The number of ketones is 1. The van der Waals surface area contributed by atoms with Crippen LogP contribution >= 0.6 is 0 Å². The lowest BCUT2D eigenvalue weighted by Crippen LogP contribution is -2.36. The molecule has 1 amide bonds. The van der Waals surface area contributed by atoms with E-state index in [0.717, 1.165) is 106 Å². The Morgan fingerprint density at radius 3 is 1.86 bits per heavy atom. The zero-order chi connectivity index (χ0) is 79.4. The first kappa shape index (κ1) is 82.8. The van der Waals surface area contributed by atoms with Gasteiger partial charge in [0, 0.05) is 104 Å². The normalized spacial score (nSPS) is 15.6. The Morgan fingerprint density at radius 1 is 0.613 bits per heavy atom. The molecular weight excluding hydrogens is 1430 g/mol. The number of hydrogen-bond donors (Lipinski definition) is 6. The van der Waals surface area contributed by atoms with Gasteiger partial charge in [0.25, 0.3) is 10.1 Å². The molecule has 8 aromatic rings. The summed E-state index contributed by atoms with van der Waals surface area (Å²) >= 11 is 0. The highest BCUT2D eigenvalue weighted by Gasteiger charge is 2.44. The van der Waals surface area contributed by atoms with Gasteiger partial charge in [-0.15, -0.1) is 0 Å². The minimum atomic E-state index is -4.40. The minimum Gasteiger partial charge on any atom is -0.748 e. The third kappa shape index (κ3) is 20.6. The van der Waals surface area contributed by atoms with E-state index in [9.17, 15) is 55.6 Å². The molecule has 6 N–H and O–H groups in total. The van der Waals surface area contributed by atoms with Crippen LogP contribution in [0.4, 0.5) is 11.4 Å². The smallest absolute Gasteiger partial charge is 0.488 e. The molecule has 0 unspecified atom stereocenters. The molecule has 22 heteroatoms. The second kappa shape index (κ2) is 36.5. The Bertz CT molecular complexity index is 5220. The molecule has 1 aliphatic carbocycles. The average molecular weight is 1540 g/mol. The van der Waals surface area contributed by atoms with Gasteiger partial charge >= 0.3 is 14.2 Å². The number of unbranched alkanes of at least 4 members (excludes halogenated alkanes) is 3. The van der Waals surface area contributed by atoms with E-state index in [0.29, 0.717) is 144 Å². The number of allylic oxidation sites excluding steroid dienone is 8. The zero-order valence-corrected chi connectivity index (χ0v) is 66.3. The number of anilines is 1. The summed E-state index contributed by atoms with van der Waals surface area (Å²) in [7, 11) is -12.0. The SMILES string of the molecule is C=C(C)C(=O)CCCCN(Cc1ccccc1B(O)O)Cc1c2ccccc2c(CN(CCCNC(=O)C(=C)C)Cc2ccccc2B(O)O)c2ccc(-c3cccc(OC4=C(/C=C/C5=[N+](CCCCS(=O)(=O)[O-])c6ccccc6C5(C)C)CCC/C4=C\C=C4\N(CCCCS(=O)(=O)O)c5ccccc5C4(C)C)c3)cc12. The van der Waals surface area contributed by atoms with Gasteiger partial charge in [-0.3, -0.25) is 23.9 Å². The van der Waals surface area contributed by atoms with E-state index in [4.69, 9.17) is 4.74 Å². The first-order chi connectivity index (χ1) is 53.0. The molecule has 0 radical (unpaired) electrons. The van der Waals surface area contributed by atoms with Gasteiger partial charge in [-0.2, -0.15) is 13.0 Å². The largest absolute Gasteiger partial charge is 0.748 e. The Balaban J connectivity index is 1.06. The van der Waals surface area contributed by atoms with E-state index in [1.807, 2.05) is 72.8 Å². The van der Waals surface area contributed by atoms with Crippen molar-refractivity contribution in [1.82, 2.24) is 15.1 Å². The lowest BCUT2D eigenvalue weighted by molar-refractivity contribution is -0.438. The third-order valence-corrected chi connectivity index (χ3v) is 23.4. The molecule has 0 bridgehead atoms. The molecule has 0 atom stereocenters. The number of nitrogens with zero attached hydrogens (tertiary/aromatic N) is 4. The van der Waals surface area contributed by atoms with Gasteiger partial charge in [-0.05, 0) is 217 Å². The summed E-state index contributed by atoms with van der Waals surface area (Å²) in [6, 6.07) is 54.2. The fourth-order valence-electron chi connectivity index (χ4n) is 16.0. The highest BCUT2D eigenvalue weighted by Crippen LogP contribution is 2.49. The van der Waals surface area contributed by atoms with E-state index in [1.54, 1.807) is 38.1 Å². The van der Waals surface area contributed by atoms with Crippen molar-refractivity contribution in [3.63, 3.8) is 0 Å². The summed E-state index contributed by atoms with van der Waals surface area (Å²) in [6.07, 6.45) is 14.5. The summed E-state index contributed by atoms with van der Waals surface area (Å²) in [6.45, 7) is 23.9. The molecule has 111 heavy (non-hydrogen) atoms. The standard InChI is InChI=1S/C89H103B2N5O13S2/c1-62(2)83(97)42-19-20-50-93(58-68-28-9-15-38-79(68)90(99)100)61-76-72-35-12-11-34-71(72)75(60-94(51-27-49-92-87(98)63(3)4)59-69-29-10-16-39-80(69)91(101)102)73-46-43-67(57-74(73)76)66-32-26-33-70(56-66)109-86-64(44-47-84-88(5,6)77-36-13-17-40-81(77)95(84)52-21-23-54-110(103,104)105)30-25-31-65(86)45-48-85-89(7,8)78-37-14-18-41-82(78)96(85)53-22-24-55-111(106,107)108/h9-18,26,28-29,32-41,43-48,56-57,99-102H,1,3,19-25,27,30-31,42,49-55,58-61H2,2,4-8H3,(H2-,92,98,103,104,105,106,107,108). The Hall–Kier alpha value is -9.16. The van der Waals surface area contributed by atoms with Crippen LogP contribution in [0.3, 0.4) is 0 Å². The van der Waals surface area contributed by atoms with Crippen LogP contribution in [0.5, 0.6) is 5.75 Å². The Labute approximate surface area is 655 Å². The monoisotopic (exact) mass is 1540 g/mol. The molecule has 580 valence electrons. The van der Waals surface area contributed by atoms with Crippen LogP contribution in [0.1, 0.15) is 146 Å². The molecular formula is C89H103B2N5O13S2. The second-order valence-corrected chi connectivity index (χ2v) is 33.8. The highest BCUT2D eigenvalue weighted by molar-refractivity contribution is 7.85. The summed E-state index contributed by atoms with van der Waals surface area (Å²) < 4.78 is 78.6. The quantitative estimate of drug-likeness (QED) is 0.00528. The number of Topliss-reactive ketones (excluding diaryl/α,β-unsaturated/α-hetero) is 1. The van der Waals surface area contributed by atoms with Crippen LogP contribution < -0.4 is 25.9 Å². The van der Waals surface area contributed by atoms with Crippen LogP contribution in [0.2, 0.25) is 0 Å². The maximum atomic E-state index is 13.0. The van der Waals surface area contributed by atoms with Crippen molar-refractivity contribution in [2.24, 2.45) is 0 Å². The minimum absolute atomic E-state index is 0.00902. The van der Waals surface area contributed by atoms with Gasteiger partial charge in [0.05, 0.1) is 21.3 Å². The number of fused-ring (bicyclic) bond motifs is 4. The zero-order valence-electron chi connectivity index (χ0n) is 64.6. The Morgan fingerprint density at radius 2 is 1.21 bits per heavy atom. The van der Waals surface area contributed by atoms with Crippen molar-refractivity contribution in [2.75, 3.05) is 49.1 Å². The molecule has 8 aromatic carbocycles. The van der Waals surface area contributed by atoms with E-state index in [2.05, 4.69) is 156 Å². The average Bonchev–Trinajstić information content (AvgIpc) is 1.46. The molecule has 0 aromatic heterocycles. The van der Waals surface area contributed by atoms with Crippen LogP contribution in [-0.4, -0.2) is 136 Å². The predicted octanol–water partition coefficient (Wildman–Crippen LogP) is 13.5. The second-order valence-electron chi connectivity index (χ2n) is 30.7. The molecule has 0 fully saturated rings. The molecule has 2 aliphatic heterocycles. The molecule has 3 aliphatic rings. The van der Waals surface area contributed by atoms with E-state index in [-0.39, 0.29) is 30.3 Å². The summed E-state index contributed by atoms with van der Waals surface area (Å²) in [5, 5.41) is 49.8. The number of nitrogens with one attached hydrogen (secondary N) is 1. The van der Waals surface area contributed by atoms with Crippen LogP contribution in [-0.2, 0) is 66.8 Å². The number of amides is 1. The molecule has 0 spiro atoms. The topological polar surface area (TPSA) is 261 Å². The number of hydrogen-bond acceptors (Lipinski definition) is 15. The number of para-hydroxylation sites is 2. The number of benzene rings is 8. The van der Waals surface area contributed by atoms with Crippen molar-refractivity contribution in [3.05, 3.63) is 268 Å². The van der Waals surface area contributed by atoms with Gasteiger partial charge in [-0.25, -0.2) is 8.42 Å². The van der Waals surface area contributed by atoms with Crippen LogP contribution in [0.15, 0.2) is 235 Å². The van der Waals surface area contributed by atoms with Gasteiger partial charge < -0.3 is 39.6 Å². The molecule has 18 nitrogen and oxygen atoms in total. The number of ether oxygens (including phenoxy) is 1. The summed E-state index contributed by atoms with van der Waals surface area (Å²) in [5.74, 6) is 0.274. The summed E-state index contributed by atoms with van der Waals surface area (Å²) in [4.78, 5) is 32.6. The van der Waals surface area contributed by atoms with Gasteiger partial charge in [-0.1, -0.05) is 167 Å². The molecule has 0 saturated carbocycles. The molecule has 11 rings (SSSR count). The van der Waals surface area contributed by atoms with Gasteiger partial charge in [0.1, 0.15) is 18.1 Å². The highest BCUT2D eigenvalue weighted by atomic mass is 32.2. The maximum absolute atomic E-state index is 13.0. The Kier molecular flexibility index (Phi) is 27.3. The van der Waals surface area contributed by atoms with Gasteiger partial charge in [0.2, 0.25) is 11.6 Å². The maximum Gasteiger partial charge on any atom is 0.488 e. The number of carbonyl (C=O) groups is 2. The first-order valence-corrected chi connectivity index (χ1v) is 41.7. The molecule has 0 saturated heterocycles. The lowest BCUT2D eigenvalue weighted by atomic mass is 9.77. The third-order valence-electron chi connectivity index (χ3n) is 21.8. The van der Waals surface area contributed by atoms with Crippen molar-refractivity contribution in [2.45, 2.75) is 149 Å². The van der Waals surface area contributed by atoms with Crippen LogP contribution in [0, 0.1) is 0 Å². The first-order valence-electron chi connectivity index (χ1n) is 38.5. The van der Waals surface area contributed by atoms with Crippen molar-refractivity contribution in [3.8, 4) is 16.9 Å². The lowest BCUT2D eigenvalue weighted by Gasteiger charge is -2.28. The van der Waals surface area contributed by atoms with Crippen LogP contribution in [0.25, 0.3) is 32.7 Å². The van der Waals surface area contributed by atoms with E-state index < -0.39 is 51.1 Å². The van der Waals surface area contributed by atoms with Gasteiger partial charge in [0.15, 0.2) is 11.5 Å². The summed E-state index contributed by atoms with van der Waals surface area (Å²) in [5.41, 5.74) is 14.4. The number of carbonyl (C=O) groups excluding carboxylic acids is 2. The van der Waals surface area contributed by atoms with Crippen molar-refractivity contribution >= 4 is 95.7 Å². The fourth-order valence-corrected chi connectivity index (χ4v) is 17.1. The van der Waals surface area contributed by atoms with E-state index in [1.165, 1.54) is 0 Å². The predicted molar refractivity (Wildman–Crippen MR) is 446 cm³/mol. The fraction of sp³-hybridized carbons (Fsp3) is 0.337. The number of rotatable bonds is 37. The van der Waals surface area contributed by atoms with E-state index >= 15 is 0 Å².